The molecule has 5 rings (SSSR count). The van der Waals surface area contributed by atoms with Gasteiger partial charge in [0.05, 0.1) is 16.1 Å². The van der Waals surface area contributed by atoms with Crippen molar-refractivity contribution in [3.8, 4) is 11.3 Å². The number of hydrogen-bond acceptors (Lipinski definition) is 7. The molecule has 1 saturated carbocycles. The quantitative estimate of drug-likeness (QED) is 0.265. The number of aromatic nitrogens is 3. The van der Waals surface area contributed by atoms with Crippen LogP contribution in [0.25, 0.3) is 22.3 Å². The summed E-state index contributed by atoms with van der Waals surface area (Å²) < 4.78 is 78.4. The fourth-order valence-electron chi connectivity index (χ4n) is 4.31. The van der Waals surface area contributed by atoms with Crippen molar-refractivity contribution < 1.29 is 26.0 Å². The van der Waals surface area contributed by atoms with Gasteiger partial charge in [-0.25, -0.2) is 27.9 Å². The molecule has 0 bridgehead atoms. The van der Waals surface area contributed by atoms with E-state index in [1.165, 1.54) is 30.3 Å². The van der Waals surface area contributed by atoms with Crippen LogP contribution in [0.1, 0.15) is 29.5 Å². The summed E-state index contributed by atoms with van der Waals surface area (Å²) in [4.78, 5) is 13.3. The number of nitrogens with two attached hydrogens (primary N) is 1. The van der Waals surface area contributed by atoms with Crippen LogP contribution in [0.4, 0.5) is 29.3 Å². The monoisotopic (exact) mass is 560 g/mol. The number of primary sulfonamides is 1. The third-order valence-corrected chi connectivity index (χ3v) is 7.76. The molecule has 2 heterocycles. The van der Waals surface area contributed by atoms with E-state index in [4.69, 9.17) is 5.14 Å². The van der Waals surface area contributed by atoms with Gasteiger partial charge >= 0.3 is 6.18 Å². The van der Waals surface area contributed by atoms with Crippen molar-refractivity contribution in [2.75, 3.05) is 10.6 Å². The van der Waals surface area contributed by atoms with Crippen molar-refractivity contribution in [1.82, 2.24) is 15.0 Å². The van der Waals surface area contributed by atoms with Gasteiger partial charge in [0.25, 0.3) is 0 Å². The van der Waals surface area contributed by atoms with Gasteiger partial charge in [-0.15, -0.1) is 0 Å². The second kappa shape index (κ2) is 9.42. The van der Waals surface area contributed by atoms with Crippen molar-refractivity contribution >= 4 is 32.8 Å². The first kappa shape index (κ1) is 26.8. The minimum atomic E-state index is -4.49. The number of alkyl halides is 3. The maximum absolute atomic E-state index is 13.8. The number of pyridine rings is 1. The summed E-state index contributed by atoms with van der Waals surface area (Å²) in [5.41, 5.74) is 1.19. The Morgan fingerprint density at radius 1 is 0.974 bits per heavy atom. The van der Waals surface area contributed by atoms with Crippen LogP contribution in [0.2, 0.25) is 0 Å². The van der Waals surface area contributed by atoms with Gasteiger partial charge < -0.3 is 10.6 Å². The predicted molar refractivity (Wildman–Crippen MR) is 139 cm³/mol. The van der Waals surface area contributed by atoms with Crippen LogP contribution < -0.4 is 15.8 Å². The maximum Gasteiger partial charge on any atom is 0.411 e. The summed E-state index contributed by atoms with van der Waals surface area (Å²) in [6.07, 6.45) is -4.69. The van der Waals surface area contributed by atoms with Crippen molar-refractivity contribution in [3.05, 3.63) is 71.0 Å². The Labute approximate surface area is 221 Å². The molecule has 0 radical (unpaired) electrons. The van der Waals surface area contributed by atoms with Crippen LogP contribution in [0.3, 0.4) is 0 Å². The van der Waals surface area contributed by atoms with Gasteiger partial charge in [0.1, 0.15) is 16.9 Å². The van der Waals surface area contributed by atoms with Gasteiger partial charge in [0.2, 0.25) is 16.0 Å². The average molecular weight is 561 g/mol. The molecular formula is C26H24F4N6O2S. The van der Waals surface area contributed by atoms with Crippen molar-refractivity contribution in [2.24, 2.45) is 5.14 Å². The number of benzene rings is 2. The molecule has 0 aliphatic heterocycles. The topological polar surface area (TPSA) is 123 Å². The summed E-state index contributed by atoms with van der Waals surface area (Å²) in [6.45, 7) is 3.52. The van der Waals surface area contributed by atoms with E-state index in [1.807, 2.05) is 0 Å². The summed E-state index contributed by atoms with van der Waals surface area (Å²) in [6, 6.07) is 12.0. The first-order chi connectivity index (χ1) is 18.3. The lowest BCUT2D eigenvalue weighted by Crippen LogP contribution is -2.39. The van der Waals surface area contributed by atoms with Crippen molar-refractivity contribution in [2.45, 2.75) is 49.8 Å². The van der Waals surface area contributed by atoms with Gasteiger partial charge in [-0.1, -0.05) is 6.07 Å². The number of rotatable bonds is 7. The number of fused-ring (bicyclic) bond motifs is 1. The number of sulfonamides is 1. The van der Waals surface area contributed by atoms with Crippen LogP contribution in [0, 0.1) is 19.7 Å². The Bertz CT molecular complexity index is 1690. The molecule has 0 atom stereocenters. The SMILES string of the molecule is Cc1cc(S(N)(=O)=O)c(C)cc1CNc1nc(NC2(C(F)(F)F)CC2)c2nc(-c3ccc(F)cc3)ccc2n1. The van der Waals surface area contributed by atoms with Gasteiger partial charge in [-0.2, -0.15) is 18.2 Å². The Kier molecular flexibility index (Phi) is 6.46. The van der Waals surface area contributed by atoms with Crippen molar-refractivity contribution in [1.29, 1.82) is 0 Å². The van der Waals surface area contributed by atoms with Crippen molar-refractivity contribution in [3.63, 3.8) is 0 Å². The summed E-state index contributed by atoms with van der Waals surface area (Å²) in [5.74, 6) is -0.447. The molecule has 2 aromatic carbocycles. The number of hydrogen-bond donors (Lipinski definition) is 3. The molecule has 0 amide bonds. The first-order valence-electron chi connectivity index (χ1n) is 11.9. The minimum absolute atomic E-state index is 0.0158. The molecule has 39 heavy (non-hydrogen) atoms. The van der Waals surface area contributed by atoms with E-state index in [9.17, 15) is 26.0 Å². The molecule has 8 nitrogen and oxygen atoms in total. The molecule has 1 aliphatic carbocycles. The van der Waals surface area contributed by atoms with E-state index in [1.54, 1.807) is 32.0 Å². The zero-order chi connectivity index (χ0) is 28.2. The molecule has 0 saturated heterocycles. The first-order valence-corrected chi connectivity index (χ1v) is 13.5. The molecule has 0 unspecified atom stereocenters. The largest absolute Gasteiger partial charge is 0.411 e. The number of nitrogens with zero attached hydrogens (tertiary/aromatic N) is 3. The number of aryl methyl sites for hydroxylation is 2. The lowest BCUT2D eigenvalue weighted by molar-refractivity contribution is -0.151. The highest BCUT2D eigenvalue weighted by atomic mass is 32.2. The molecule has 204 valence electrons. The Balaban J connectivity index is 1.52. The maximum atomic E-state index is 13.8. The Hall–Kier alpha value is -3.84. The zero-order valence-electron chi connectivity index (χ0n) is 20.9. The highest BCUT2D eigenvalue weighted by Crippen LogP contribution is 2.51. The van der Waals surface area contributed by atoms with Gasteiger partial charge in [-0.3, -0.25) is 0 Å². The van der Waals surface area contributed by atoms with E-state index in [-0.39, 0.29) is 41.6 Å². The molecule has 4 N–H and O–H groups in total. The fourth-order valence-corrected chi connectivity index (χ4v) is 5.16. The zero-order valence-corrected chi connectivity index (χ0v) is 21.7. The number of anilines is 2. The third-order valence-electron chi connectivity index (χ3n) is 6.71. The summed E-state index contributed by atoms with van der Waals surface area (Å²) in [7, 11) is -3.89. The summed E-state index contributed by atoms with van der Waals surface area (Å²) in [5, 5.41) is 10.9. The highest BCUT2D eigenvalue weighted by Gasteiger charge is 2.64. The molecule has 1 aliphatic rings. The molecular weight excluding hydrogens is 536 g/mol. The second-order valence-corrected chi connectivity index (χ2v) is 11.1. The van der Waals surface area contributed by atoms with Crippen LogP contribution in [-0.2, 0) is 16.6 Å². The molecule has 13 heteroatoms. The standard InChI is InChI=1S/C26H24F4N6O2S/c1-14-12-21(39(31,37)38)15(2)11-17(14)13-32-24-34-20-8-7-19(16-3-5-18(27)6-4-16)33-22(20)23(35-24)36-25(9-10-25)26(28,29)30/h3-8,11-12H,9-10,13H2,1-2H3,(H2,31,37,38)(H2,32,34,35,36). The van der Waals surface area contributed by atoms with Gasteiger partial charge in [0, 0.05) is 12.1 Å². The fraction of sp³-hybridized carbons (Fsp3) is 0.269. The van der Waals surface area contributed by atoms with Gasteiger partial charge in [-0.05, 0) is 85.8 Å². The van der Waals surface area contributed by atoms with E-state index in [2.05, 4.69) is 25.6 Å². The van der Waals surface area contributed by atoms with Crippen LogP contribution in [-0.4, -0.2) is 35.1 Å². The van der Waals surface area contributed by atoms with Crippen LogP contribution >= 0.6 is 0 Å². The van der Waals surface area contributed by atoms with E-state index in [0.29, 0.717) is 27.9 Å². The molecule has 4 aromatic rings. The second-order valence-electron chi connectivity index (χ2n) is 9.61. The number of halogens is 4. The van der Waals surface area contributed by atoms with Crippen LogP contribution in [0.5, 0.6) is 0 Å². The number of nitrogens with one attached hydrogen (secondary N) is 2. The van der Waals surface area contributed by atoms with Gasteiger partial charge in [0.15, 0.2) is 5.82 Å². The van der Waals surface area contributed by atoms with E-state index < -0.39 is 27.6 Å². The Morgan fingerprint density at radius 2 is 1.67 bits per heavy atom. The lowest BCUT2D eigenvalue weighted by Gasteiger charge is -2.22. The minimum Gasteiger partial charge on any atom is -0.354 e. The smallest absolute Gasteiger partial charge is 0.354 e. The Morgan fingerprint density at radius 3 is 2.28 bits per heavy atom. The highest BCUT2D eigenvalue weighted by molar-refractivity contribution is 7.89. The average Bonchev–Trinajstić information content (AvgIpc) is 3.65. The van der Waals surface area contributed by atoms with E-state index in [0.717, 1.165) is 5.56 Å². The predicted octanol–water partition coefficient (Wildman–Crippen LogP) is 5.21. The van der Waals surface area contributed by atoms with E-state index >= 15 is 0 Å². The molecule has 0 spiro atoms. The molecule has 2 aromatic heterocycles. The normalized spacial score (nSPS) is 14.8. The lowest BCUT2D eigenvalue weighted by atomic mass is 10.1. The third kappa shape index (κ3) is 5.36. The molecule has 1 fully saturated rings. The van der Waals surface area contributed by atoms with Crippen LogP contribution in [0.15, 0.2) is 53.4 Å². The summed E-state index contributed by atoms with van der Waals surface area (Å²) >= 11 is 0.